The number of benzene rings is 1. The van der Waals surface area contributed by atoms with E-state index in [2.05, 4.69) is 22.1 Å². The summed E-state index contributed by atoms with van der Waals surface area (Å²) in [6.07, 6.45) is 1.53. The number of anilines is 1. The molecule has 4 N–H and O–H groups in total. The summed E-state index contributed by atoms with van der Waals surface area (Å²) in [5, 5.41) is 3.70. The standard InChI is InChI=1S/C14H11Cl2N3O/c15-10-4-3-9(2-1-5-17)12(6-10)19-14(20)13-7-11(16)8-18-13/h3-4,6-8,18H,5,17H2,(H,19,20). The number of aromatic amines is 1. The molecule has 0 unspecified atom stereocenters. The topological polar surface area (TPSA) is 70.9 Å². The minimum atomic E-state index is -0.324. The molecular formula is C14H11Cl2N3O. The fourth-order valence-corrected chi connectivity index (χ4v) is 1.90. The lowest BCUT2D eigenvalue weighted by Crippen LogP contribution is -2.13. The predicted octanol–water partition coefficient (Wildman–Crippen LogP) is 2.88. The molecule has 2 rings (SSSR count). The summed E-state index contributed by atoms with van der Waals surface area (Å²) in [6.45, 7) is 0.238. The van der Waals surface area contributed by atoms with Crippen molar-refractivity contribution < 1.29 is 4.79 Å². The van der Waals surface area contributed by atoms with Crippen LogP contribution < -0.4 is 11.1 Å². The molecule has 0 aliphatic carbocycles. The number of nitrogens with one attached hydrogen (secondary N) is 2. The van der Waals surface area contributed by atoms with E-state index in [0.717, 1.165) is 0 Å². The van der Waals surface area contributed by atoms with Gasteiger partial charge in [0.25, 0.3) is 5.91 Å². The number of H-pyrrole nitrogens is 1. The summed E-state index contributed by atoms with van der Waals surface area (Å²) < 4.78 is 0. The van der Waals surface area contributed by atoms with E-state index >= 15 is 0 Å². The lowest BCUT2D eigenvalue weighted by atomic mass is 10.1. The van der Waals surface area contributed by atoms with Gasteiger partial charge in [-0.2, -0.15) is 0 Å². The van der Waals surface area contributed by atoms with Crippen LogP contribution in [0.2, 0.25) is 10.0 Å². The molecule has 1 amide bonds. The molecular weight excluding hydrogens is 297 g/mol. The minimum Gasteiger partial charge on any atom is -0.356 e. The van der Waals surface area contributed by atoms with Gasteiger partial charge in [-0.05, 0) is 24.3 Å². The average Bonchev–Trinajstić information content (AvgIpc) is 2.85. The van der Waals surface area contributed by atoms with Crippen LogP contribution in [0.5, 0.6) is 0 Å². The molecule has 0 aliphatic heterocycles. The van der Waals surface area contributed by atoms with Crippen molar-refractivity contribution in [1.82, 2.24) is 4.98 Å². The molecule has 0 spiro atoms. The molecule has 0 aliphatic rings. The predicted molar refractivity (Wildman–Crippen MR) is 81.1 cm³/mol. The number of carbonyl (C=O) groups is 1. The number of hydrogen-bond donors (Lipinski definition) is 3. The molecule has 20 heavy (non-hydrogen) atoms. The van der Waals surface area contributed by atoms with E-state index in [0.29, 0.717) is 27.0 Å². The van der Waals surface area contributed by atoms with Crippen LogP contribution >= 0.6 is 23.2 Å². The Labute approximate surface area is 126 Å². The van der Waals surface area contributed by atoms with E-state index in [1.165, 1.54) is 12.3 Å². The highest BCUT2D eigenvalue weighted by Gasteiger charge is 2.10. The number of halogens is 2. The van der Waals surface area contributed by atoms with Crippen molar-refractivity contribution >= 4 is 34.8 Å². The van der Waals surface area contributed by atoms with Crippen LogP contribution in [-0.2, 0) is 0 Å². The SMILES string of the molecule is NCC#Cc1ccc(Cl)cc1NC(=O)c1cc(Cl)c[nH]1. The zero-order valence-electron chi connectivity index (χ0n) is 10.3. The number of aromatic nitrogens is 1. The smallest absolute Gasteiger partial charge is 0.272 e. The number of hydrogen-bond acceptors (Lipinski definition) is 2. The van der Waals surface area contributed by atoms with Gasteiger partial charge in [0.05, 0.1) is 17.3 Å². The van der Waals surface area contributed by atoms with Crippen molar-refractivity contribution in [3.63, 3.8) is 0 Å². The highest BCUT2D eigenvalue weighted by atomic mass is 35.5. The third-order valence-electron chi connectivity index (χ3n) is 2.45. The van der Waals surface area contributed by atoms with Crippen LogP contribution in [0.1, 0.15) is 16.1 Å². The maximum atomic E-state index is 12.0. The fourth-order valence-electron chi connectivity index (χ4n) is 1.56. The summed E-state index contributed by atoms with van der Waals surface area (Å²) in [5.41, 5.74) is 6.87. The molecule has 0 saturated carbocycles. The Bertz CT molecular complexity index is 698. The number of carbonyl (C=O) groups excluding carboxylic acids is 1. The van der Waals surface area contributed by atoms with Gasteiger partial charge in [-0.25, -0.2) is 0 Å². The van der Waals surface area contributed by atoms with E-state index < -0.39 is 0 Å². The van der Waals surface area contributed by atoms with Gasteiger partial charge in [0.2, 0.25) is 0 Å². The van der Waals surface area contributed by atoms with Gasteiger partial charge < -0.3 is 16.0 Å². The second kappa shape index (κ2) is 6.49. The lowest BCUT2D eigenvalue weighted by molar-refractivity contribution is 0.102. The maximum Gasteiger partial charge on any atom is 0.272 e. The monoisotopic (exact) mass is 307 g/mol. The van der Waals surface area contributed by atoms with Gasteiger partial charge in [0.15, 0.2) is 0 Å². The summed E-state index contributed by atoms with van der Waals surface area (Å²) in [7, 11) is 0. The zero-order chi connectivity index (χ0) is 14.5. The maximum absolute atomic E-state index is 12.0. The second-order valence-corrected chi connectivity index (χ2v) is 4.75. The zero-order valence-corrected chi connectivity index (χ0v) is 11.8. The average molecular weight is 308 g/mol. The first-order valence-corrected chi connectivity index (χ1v) is 6.49. The molecule has 0 fully saturated rings. The molecule has 0 radical (unpaired) electrons. The Hall–Kier alpha value is -1.93. The van der Waals surface area contributed by atoms with Gasteiger partial charge in [-0.1, -0.05) is 35.0 Å². The van der Waals surface area contributed by atoms with E-state index in [9.17, 15) is 4.79 Å². The van der Waals surface area contributed by atoms with E-state index in [-0.39, 0.29) is 12.5 Å². The molecule has 1 aromatic carbocycles. The van der Waals surface area contributed by atoms with Crippen LogP contribution in [-0.4, -0.2) is 17.4 Å². The Morgan fingerprint density at radius 1 is 1.30 bits per heavy atom. The minimum absolute atomic E-state index is 0.238. The first-order valence-electron chi connectivity index (χ1n) is 5.74. The summed E-state index contributed by atoms with van der Waals surface area (Å²) in [6, 6.07) is 6.59. The first-order chi connectivity index (χ1) is 9.60. The molecule has 1 aromatic heterocycles. The second-order valence-electron chi connectivity index (χ2n) is 3.88. The summed E-state index contributed by atoms with van der Waals surface area (Å²) >= 11 is 11.7. The Kier molecular flexibility index (Phi) is 4.70. The third-order valence-corrected chi connectivity index (χ3v) is 2.90. The third kappa shape index (κ3) is 3.55. The van der Waals surface area contributed by atoms with Crippen LogP contribution in [0.15, 0.2) is 30.5 Å². The molecule has 4 nitrogen and oxygen atoms in total. The van der Waals surface area contributed by atoms with Crippen LogP contribution in [0.3, 0.4) is 0 Å². The van der Waals surface area contributed by atoms with Crippen LogP contribution in [0.25, 0.3) is 0 Å². The van der Waals surface area contributed by atoms with Crippen molar-refractivity contribution in [1.29, 1.82) is 0 Å². The molecule has 2 aromatic rings. The van der Waals surface area contributed by atoms with Crippen molar-refractivity contribution in [3.8, 4) is 11.8 Å². The number of rotatable bonds is 2. The largest absolute Gasteiger partial charge is 0.356 e. The molecule has 0 atom stereocenters. The van der Waals surface area contributed by atoms with Crippen LogP contribution in [0.4, 0.5) is 5.69 Å². The normalized spacial score (nSPS) is 9.75. The van der Waals surface area contributed by atoms with Crippen molar-refractivity contribution in [2.45, 2.75) is 0 Å². The molecule has 0 saturated heterocycles. The van der Waals surface area contributed by atoms with E-state index in [1.807, 2.05) is 0 Å². The molecule has 1 heterocycles. The number of amides is 1. The quantitative estimate of drug-likeness (QED) is 0.747. The van der Waals surface area contributed by atoms with Gasteiger partial charge in [0, 0.05) is 16.8 Å². The van der Waals surface area contributed by atoms with E-state index in [1.54, 1.807) is 18.2 Å². The Balaban J connectivity index is 2.28. The summed E-state index contributed by atoms with van der Waals surface area (Å²) in [5.74, 6) is 5.29. The first kappa shape index (κ1) is 14.5. The number of nitrogens with two attached hydrogens (primary N) is 1. The molecule has 102 valence electrons. The van der Waals surface area contributed by atoms with E-state index in [4.69, 9.17) is 28.9 Å². The van der Waals surface area contributed by atoms with Crippen molar-refractivity contribution in [2.75, 3.05) is 11.9 Å². The van der Waals surface area contributed by atoms with Crippen molar-refractivity contribution in [3.05, 3.63) is 51.8 Å². The van der Waals surface area contributed by atoms with Gasteiger partial charge >= 0.3 is 0 Å². The van der Waals surface area contributed by atoms with Gasteiger partial charge in [-0.3, -0.25) is 4.79 Å². The fraction of sp³-hybridized carbons (Fsp3) is 0.0714. The van der Waals surface area contributed by atoms with Crippen LogP contribution in [0, 0.1) is 11.8 Å². The van der Waals surface area contributed by atoms with Gasteiger partial charge in [0.1, 0.15) is 5.69 Å². The highest BCUT2D eigenvalue weighted by Crippen LogP contribution is 2.21. The Morgan fingerprint density at radius 3 is 2.75 bits per heavy atom. The van der Waals surface area contributed by atoms with Gasteiger partial charge in [-0.15, -0.1) is 0 Å². The molecule has 0 bridgehead atoms. The highest BCUT2D eigenvalue weighted by molar-refractivity contribution is 6.31. The van der Waals surface area contributed by atoms with Crippen molar-refractivity contribution in [2.24, 2.45) is 5.73 Å². The molecule has 6 heteroatoms. The lowest BCUT2D eigenvalue weighted by Gasteiger charge is -2.07. The summed E-state index contributed by atoms with van der Waals surface area (Å²) in [4.78, 5) is 14.8. The Morgan fingerprint density at radius 2 is 2.10 bits per heavy atom.